The molecule has 74 heavy (non-hydrogen) atoms. The van der Waals surface area contributed by atoms with Crippen molar-refractivity contribution in [3.8, 4) is 28.6 Å². The smallest absolute Gasteiger partial charge is 0.411 e. The van der Waals surface area contributed by atoms with Crippen LogP contribution in [-0.4, -0.2) is 147 Å². The van der Waals surface area contributed by atoms with E-state index in [1.165, 1.54) is 48.1 Å². The highest BCUT2D eigenvalue weighted by Gasteiger charge is 2.43. The van der Waals surface area contributed by atoms with Crippen LogP contribution in [0.3, 0.4) is 0 Å². The fourth-order valence-corrected chi connectivity index (χ4v) is 12.1. The third-order valence-corrected chi connectivity index (χ3v) is 15.6. The molecule has 0 spiro atoms. The Kier molecular flexibility index (Phi) is 16.4. The molecule has 1 aromatic heterocycles. The molecule has 24 heteroatoms. The van der Waals surface area contributed by atoms with Crippen molar-refractivity contribution in [3.63, 3.8) is 0 Å². The van der Waals surface area contributed by atoms with Crippen molar-refractivity contribution in [2.45, 2.75) is 101 Å². The SMILES string of the molecule is COc1ccc(CN(Cc2ccc(OC)cc2)S(=O)(=O)c2c(S(=O)(=O)NC3CCN(C(=O)OC(C)(C)C)C3)ccc(N3CCN(C(=O)OC(C)(C)C)C(C(N)=O)C3)c2-c2nnn(Cc3ccc(OC)cc3)n2)cc1. The summed E-state index contributed by atoms with van der Waals surface area (Å²) in [4.78, 5) is 44.0. The van der Waals surface area contributed by atoms with Crippen LogP contribution in [-0.2, 0) is 53.9 Å². The first kappa shape index (κ1) is 54.7. The van der Waals surface area contributed by atoms with Gasteiger partial charge < -0.3 is 39.2 Å². The fourth-order valence-electron chi connectivity index (χ4n) is 8.45. The molecule has 0 aliphatic carbocycles. The summed E-state index contributed by atoms with van der Waals surface area (Å²) in [5, 5.41) is 13.4. The van der Waals surface area contributed by atoms with Crippen molar-refractivity contribution >= 4 is 43.8 Å². The summed E-state index contributed by atoms with van der Waals surface area (Å²) in [6.07, 6.45) is -1.24. The van der Waals surface area contributed by atoms with Crippen molar-refractivity contribution in [1.82, 2.24) is 39.0 Å². The molecule has 3 heterocycles. The number of ether oxygens (including phenoxy) is 5. The lowest BCUT2D eigenvalue weighted by Gasteiger charge is -2.41. The topological polar surface area (TPSA) is 260 Å². The number of hydrogen-bond acceptors (Lipinski definition) is 16. The first-order chi connectivity index (χ1) is 34.9. The maximum absolute atomic E-state index is 16.3. The molecule has 3 N–H and O–H groups in total. The molecule has 0 bridgehead atoms. The third-order valence-electron chi connectivity index (χ3n) is 12.0. The van der Waals surface area contributed by atoms with E-state index in [-0.39, 0.29) is 75.9 Å². The highest BCUT2D eigenvalue weighted by molar-refractivity contribution is 7.92. The number of carbonyl (C=O) groups is 3. The van der Waals surface area contributed by atoms with Gasteiger partial charge in [-0.25, -0.2) is 31.1 Å². The summed E-state index contributed by atoms with van der Waals surface area (Å²) in [7, 11) is -5.36. The molecule has 22 nitrogen and oxygen atoms in total. The van der Waals surface area contributed by atoms with E-state index < -0.39 is 71.2 Å². The second-order valence-electron chi connectivity index (χ2n) is 19.8. The Morgan fingerprint density at radius 3 is 1.74 bits per heavy atom. The molecule has 2 saturated heterocycles. The van der Waals surface area contributed by atoms with Crippen molar-refractivity contribution < 1.29 is 54.9 Å². The van der Waals surface area contributed by atoms with Crippen LogP contribution in [0.2, 0.25) is 0 Å². The van der Waals surface area contributed by atoms with E-state index in [1.807, 2.05) is 0 Å². The normalized spacial score (nSPS) is 16.5. The number of nitrogens with two attached hydrogens (primary N) is 1. The average molecular weight is 1060 g/mol. The van der Waals surface area contributed by atoms with E-state index in [4.69, 9.17) is 34.5 Å². The predicted octanol–water partition coefficient (Wildman–Crippen LogP) is 5.00. The molecule has 2 fully saturated rings. The summed E-state index contributed by atoms with van der Waals surface area (Å²) in [5.74, 6) is 0.505. The summed E-state index contributed by atoms with van der Waals surface area (Å²) in [5.41, 5.74) is 5.87. The predicted molar refractivity (Wildman–Crippen MR) is 272 cm³/mol. The number of tetrazole rings is 1. The quantitative estimate of drug-likeness (QED) is 0.124. The molecule has 2 atom stereocenters. The number of methoxy groups -OCH3 is 3. The van der Waals surface area contributed by atoms with Crippen LogP contribution >= 0.6 is 0 Å². The number of amides is 3. The third kappa shape index (κ3) is 13.2. The van der Waals surface area contributed by atoms with Gasteiger partial charge in [-0.15, -0.1) is 10.2 Å². The molecule has 0 radical (unpaired) electrons. The maximum atomic E-state index is 16.3. The molecule has 0 saturated carbocycles. The molecule has 5 aromatic rings. The van der Waals surface area contributed by atoms with Gasteiger partial charge in [0.15, 0.2) is 0 Å². The minimum Gasteiger partial charge on any atom is -0.497 e. The number of piperazine rings is 1. The number of aromatic nitrogens is 4. The van der Waals surface area contributed by atoms with Crippen LogP contribution in [0.5, 0.6) is 17.2 Å². The highest BCUT2D eigenvalue weighted by atomic mass is 32.2. The summed E-state index contributed by atoms with van der Waals surface area (Å²) in [6.45, 7) is 9.44. The number of carbonyl (C=O) groups excluding carboxylic acids is 3. The van der Waals surface area contributed by atoms with Gasteiger partial charge in [0, 0.05) is 57.5 Å². The molecular weight excluding hydrogens is 997 g/mol. The zero-order chi connectivity index (χ0) is 53.8. The number of benzene rings is 4. The van der Waals surface area contributed by atoms with Gasteiger partial charge in [0.25, 0.3) is 0 Å². The molecule has 2 aliphatic rings. The highest BCUT2D eigenvalue weighted by Crippen LogP contribution is 2.42. The van der Waals surface area contributed by atoms with E-state index in [0.717, 1.165) is 9.87 Å². The number of nitrogens with one attached hydrogen (secondary N) is 1. The Morgan fingerprint density at radius 1 is 0.703 bits per heavy atom. The van der Waals surface area contributed by atoms with Gasteiger partial charge in [-0.05, 0) is 118 Å². The second kappa shape index (κ2) is 22.2. The van der Waals surface area contributed by atoms with E-state index >= 15 is 16.8 Å². The zero-order valence-corrected chi connectivity index (χ0v) is 44.6. The van der Waals surface area contributed by atoms with E-state index in [0.29, 0.717) is 28.4 Å². The van der Waals surface area contributed by atoms with Crippen LogP contribution in [0.15, 0.2) is 94.7 Å². The molecule has 2 aliphatic heterocycles. The lowest BCUT2D eigenvalue weighted by Crippen LogP contribution is -2.60. The molecule has 2 unspecified atom stereocenters. The maximum Gasteiger partial charge on any atom is 0.411 e. The van der Waals surface area contributed by atoms with Crippen molar-refractivity contribution in [2.24, 2.45) is 5.73 Å². The lowest BCUT2D eigenvalue weighted by atomic mass is 10.1. The summed E-state index contributed by atoms with van der Waals surface area (Å²) < 4.78 is 94.1. The van der Waals surface area contributed by atoms with Crippen LogP contribution < -0.4 is 29.6 Å². The Hall–Kier alpha value is -7.02. The minimum atomic E-state index is -5.06. The summed E-state index contributed by atoms with van der Waals surface area (Å²) >= 11 is 0. The molecular formula is C50H64N10O12S2. The number of hydrogen-bond donors (Lipinski definition) is 2. The number of primary amides is 1. The van der Waals surface area contributed by atoms with E-state index in [2.05, 4.69) is 15.0 Å². The Bertz CT molecular complexity index is 2980. The Labute approximate surface area is 431 Å². The Morgan fingerprint density at radius 2 is 1.23 bits per heavy atom. The summed E-state index contributed by atoms with van der Waals surface area (Å²) in [6, 6.07) is 21.0. The van der Waals surface area contributed by atoms with E-state index in [1.54, 1.807) is 119 Å². The number of anilines is 1. The van der Waals surface area contributed by atoms with Gasteiger partial charge in [-0.2, -0.15) is 9.10 Å². The van der Waals surface area contributed by atoms with Crippen molar-refractivity contribution in [2.75, 3.05) is 59.0 Å². The van der Waals surface area contributed by atoms with Gasteiger partial charge in [-0.3, -0.25) is 9.69 Å². The standard InChI is InChI=1S/C50H64N10O12S2/c1-49(2,3)71-47(62)57-25-24-36(31-57)54-73(64,65)42-23-22-40(56-26-27-59(41(32-56)45(51)61)48(63)72-50(4,5)6)43(46-52-55-60(53-46)30-35-14-20-39(70-9)21-15-35)44(42)74(66,67)58(28-33-10-16-37(68-7)17-11-33)29-34-12-18-38(69-8)19-13-34/h10-23,36,41,54H,24-32H2,1-9H3,(H2,51,61). The van der Waals surface area contributed by atoms with Gasteiger partial charge in [0.2, 0.25) is 31.8 Å². The monoisotopic (exact) mass is 1060 g/mol. The number of likely N-dealkylation sites (tertiary alicyclic amines) is 1. The van der Waals surface area contributed by atoms with Crippen molar-refractivity contribution in [3.05, 3.63) is 102 Å². The van der Waals surface area contributed by atoms with Crippen LogP contribution in [0, 0.1) is 0 Å². The van der Waals surface area contributed by atoms with Gasteiger partial charge in [0.1, 0.15) is 44.3 Å². The largest absolute Gasteiger partial charge is 0.497 e. The first-order valence-electron chi connectivity index (χ1n) is 23.8. The number of rotatable bonds is 17. The van der Waals surface area contributed by atoms with Crippen LogP contribution in [0.4, 0.5) is 15.3 Å². The van der Waals surface area contributed by atoms with Crippen LogP contribution in [0.25, 0.3) is 11.4 Å². The average Bonchev–Trinajstić information content (AvgIpc) is 4.02. The molecule has 3 amide bonds. The number of nitrogens with zero attached hydrogens (tertiary/aromatic N) is 8. The van der Waals surface area contributed by atoms with E-state index in [9.17, 15) is 14.4 Å². The Balaban J connectivity index is 1.44. The zero-order valence-electron chi connectivity index (χ0n) is 43.0. The van der Waals surface area contributed by atoms with Gasteiger partial charge >= 0.3 is 12.2 Å². The lowest BCUT2D eigenvalue weighted by molar-refractivity contribution is -0.123. The second-order valence-corrected chi connectivity index (χ2v) is 23.4. The fraction of sp³-hybridized carbons (Fsp3) is 0.440. The van der Waals surface area contributed by atoms with Gasteiger partial charge in [-0.1, -0.05) is 36.4 Å². The first-order valence-corrected chi connectivity index (χ1v) is 26.7. The van der Waals surface area contributed by atoms with Crippen LogP contribution in [0.1, 0.15) is 64.7 Å². The molecule has 7 rings (SSSR count). The number of sulfonamides is 2. The molecule has 398 valence electrons. The van der Waals surface area contributed by atoms with Gasteiger partial charge in [0.05, 0.1) is 33.4 Å². The minimum absolute atomic E-state index is 0.0101. The molecule has 4 aromatic carbocycles. The van der Waals surface area contributed by atoms with Crippen molar-refractivity contribution in [1.29, 1.82) is 0 Å².